The first-order chi connectivity index (χ1) is 18.4. The Hall–Kier alpha value is -4.00. The SMILES string of the molecule is Cc1ccc(Sc2ccc(C3=C4C(=O)NC(c5ccc(Sc6ccc(C)cc6)cc5)=C4C(=O)N3)cc2)cc1. The fourth-order valence-corrected chi connectivity index (χ4v) is 6.11. The summed E-state index contributed by atoms with van der Waals surface area (Å²) in [5.41, 5.74) is 5.97. The molecule has 0 fully saturated rings. The molecule has 6 rings (SSSR count). The molecule has 4 aromatic rings. The second-order valence-electron chi connectivity index (χ2n) is 9.29. The minimum atomic E-state index is -0.264. The van der Waals surface area contributed by atoms with Gasteiger partial charge in [-0.25, -0.2) is 0 Å². The van der Waals surface area contributed by atoms with Crippen LogP contribution in [-0.2, 0) is 9.59 Å². The van der Waals surface area contributed by atoms with Crippen LogP contribution >= 0.6 is 23.5 Å². The molecule has 0 saturated carbocycles. The summed E-state index contributed by atoms with van der Waals surface area (Å²) in [5, 5.41) is 5.87. The number of amides is 2. The lowest BCUT2D eigenvalue weighted by Crippen LogP contribution is -2.21. The van der Waals surface area contributed by atoms with Gasteiger partial charge < -0.3 is 10.6 Å². The minimum Gasteiger partial charge on any atom is -0.321 e. The van der Waals surface area contributed by atoms with Gasteiger partial charge in [0.05, 0.1) is 22.5 Å². The Bertz CT molecular complexity index is 1490. The van der Waals surface area contributed by atoms with Crippen molar-refractivity contribution in [2.45, 2.75) is 33.4 Å². The van der Waals surface area contributed by atoms with Crippen molar-refractivity contribution < 1.29 is 9.59 Å². The number of nitrogens with one attached hydrogen (secondary N) is 2. The second-order valence-corrected chi connectivity index (χ2v) is 11.6. The van der Waals surface area contributed by atoms with Gasteiger partial charge in [-0.1, -0.05) is 83.2 Å². The molecule has 0 unspecified atom stereocenters. The average Bonchev–Trinajstić information content (AvgIpc) is 3.45. The first kappa shape index (κ1) is 24.3. The zero-order valence-electron chi connectivity index (χ0n) is 20.9. The number of fused-ring (bicyclic) bond motifs is 1. The molecule has 0 spiro atoms. The highest BCUT2D eigenvalue weighted by molar-refractivity contribution is 7.99. The molecule has 4 aromatic carbocycles. The molecule has 186 valence electrons. The highest BCUT2D eigenvalue weighted by atomic mass is 32.2. The first-order valence-corrected chi connectivity index (χ1v) is 13.9. The highest BCUT2D eigenvalue weighted by Crippen LogP contribution is 2.38. The molecule has 0 saturated heterocycles. The van der Waals surface area contributed by atoms with Crippen LogP contribution in [0.4, 0.5) is 0 Å². The summed E-state index contributed by atoms with van der Waals surface area (Å²) in [6.45, 7) is 4.14. The van der Waals surface area contributed by atoms with Gasteiger partial charge in [0.25, 0.3) is 11.8 Å². The van der Waals surface area contributed by atoms with Crippen LogP contribution in [-0.4, -0.2) is 11.8 Å². The largest absolute Gasteiger partial charge is 0.321 e. The van der Waals surface area contributed by atoms with Crippen LogP contribution in [0.1, 0.15) is 22.3 Å². The molecule has 4 nitrogen and oxygen atoms in total. The summed E-state index contributed by atoms with van der Waals surface area (Å²) in [6, 6.07) is 32.6. The maximum Gasteiger partial charge on any atom is 0.258 e. The van der Waals surface area contributed by atoms with Crippen LogP contribution in [0.3, 0.4) is 0 Å². The number of hydrogen-bond acceptors (Lipinski definition) is 4. The molecule has 2 aliphatic heterocycles. The van der Waals surface area contributed by atoms with Gasteiger partial charge in [-0.3, -0.25) is 9.59 Å². The molecule has 2 amide bonds. The fraction of sp³-hybridized carbons (Fsp3) is 0.0625. The van der Waals surface area contributed by atoms with E-state index >= 15 is 0 Å². The van der Waals surface area contributed by atoms with Crippen molar-refractivity contribution in [1.29, 1.82) is 0 Å². The van der Waals surface area contributed by atoms with Crippen molar-refractivity contribution in [2.75, 3.05) is 0 Å². The fourth-order valence-electron chi connectivity index (χ4n) is 4.48. The monoisotopic (exact) mass is 532 g/mol. The van der Waals surface area contributed by atoms with E-state index in [1.807, 2.05) is 48.5 Å². The Balaban J connectivity index is 1.25. The number of rotatable bonds is 6. The van der Waals surface area contributed by atoms with E-state index in [9.17, 15) is 9.59 Å². The predicted molar refractivity (Wildman–Crippen MR) is 154 cm³/mol. The van der Waals surface area contributed by atoms with E-state index in [0.717, 1.165) is 30.7 Å². The van der Waals surface area contributed by atoms with Gasteiger partial charge in [-0.2, -0.15) is 0 Å². The third-order valence-corrected chi connectivity index (χ3v) is 8.51. The van der Waals surface area contributed by atoms with Gasteiger partial charge in [-0.15, -0.1) is 0 Å². The van der Waals surface area contributed by atoms with Crippen molar-refractivity contribution >= 4 is 46.7 Å². The molecular formula is C32H24N2O2S2. The van der Waals surface area contributed by atoms with E-state index in [1.165, 1.54) is 11.1 Å². The standard InChI is InChI=1S/C32H24N2O2S2/c1-19-3-11-23(12-4-19)37-25-15-7-21(8-16-25)29-27-28(32(36)33-29)30(34-31(27)35)22-9-17-26(18-10-22)38-24-13-5-20(2)6-14-24/h3-18H,1-2H3,(H,33,36)(H,34,35). The Morgan fingerprint density at radius 3 is 1.05 bits per heavy atom. The number of aryl methyl sites for hydroxylation is 2. The molecule has 2 N–H and O–H groups in total. The van der Waals surface area contributed by atoms with E-state index in [0.29, 0.717) is 22.5 Å². The van der Waals surface area contributed by atoms with E-state index in [2.05, 4.69) is 73.0 Å². The summed E-state index contributed by atoms with van der Waals surface area (Å²) < 4.78 is 0. The summed E-state index contributed by atoms with van der Waals surface area (Å²) in [7, 11) is 0. The maximum absolute atomic E-state index is 13.0. The van der Waals surface area contributed by atoms with Crippen LogP contribution in [0, 0.1) is 13.8 Å². The van der Waals surface area contributed by atoms with E-state index < -0.39 is 0 Å². The topological polar surface area (TPSA) is 58.2 Å². The number of carbonyl (C=O) groups is 2. The van der Waals surface area contributed by atoms with Crippen molar-refractivity contribution in [2.24, 2.45) is 0 Å². The number of benzene rings is 4. The molecule has 6 heteroatoms. The highest BCUT2D eigenvalue weighted by Gasteiger charge is 2.40. The van der Waals surface area contributed by atoms with Crippen LogP contribution in [0.5, 0.6) is 0 Å². The Morgan fingerprint density at radius 1 is 0.447 bits per heavy atom. The van der Waals surface area contributed by atoms with Crippen molar-refractivity contribution in [3.8, 4) is 0 Å². The molecule has 0 atom stereocenters. The predicted octanol–water partition coefficient (Wildman–Crippen LogP) is 6.99. The smallest absolute Gasteiger partial charge is 0.258 e. The molecular weight excluding hydrogens is 508 g/mol. The van der Waals surface area contributed by atoms with E-state index in [4.69, 9.17) is 0 Å². The van der Waals surface area contributed by atoms with Crippen molar-refractivity contribution in [3.05, 3.63) is 130 Å². The van der Waals surface area contributed by atoms with Crippen LogP contribution < -0.4 is 10.6 Å². The quantitative estimate of drug-likeness (QED) is 0.281. The van der Waals surface area contributed by atoms with E-state index in [1.54, 1.807) is 23.5 Å². The zero-order chi connectivity index (χ0) is 26.2. The Kier molecular flexibility index (Phi) is 6.44. The van der Waals surface area contributed by atoms with E-state index in [-0.39, 0.29) is 11.8 Å². The number of carbonyl (C=O) groups excluding carboxylic acids is 2. The third-order valence-electron chi connectivity index (χ3n) is 6.48. The zero-order valence-corrected chi connectivity index (χ0v) is 22.5. The molecule has 0 aliphatic carbocycles. The molecule has 38 heavy (non-hydrogen) atoms. The van der Waals surface area contributed by atoms with Gasteiger partial charge in [0.1, 0.15) is 0 Å². The lowest BCUT2D eigenvalue weighted by molar-refractivity contribution is -0.117. The number of hydrogen-bond donors (Lipinski definition) is 2. The first-order valence-electron chi connectivity index (χ1n) is 12.3. The normalized spacial score (nSPS) is 14.6. The minimum absolute atomic E-state index is 0.264. The lowest BCUT2D eigenvalue weighted by Gasteiger charge is -2.09. The van der Waals surface area contributed by atoms with Crippen molar-refractivity contribution in [3.63, 3.8) is 0 Å². The van der Waals surface area contributed by atoms with Gasteiger partial charge >= 0.3 is 0 Å². The summed E-state index contributed by atoms with van der Waals surface area (Å²) in [4.78, 5) is 30.6. The summed E-state index contributed by atoms with van der Waals surface area (Å²) in [6.07, 6.45) is 0. The van der Waals surface area contributed by atoms with Crippen LogP contribution in [0.15, 0.2) is 128 Å². The Labute approximate surface area is 230 Å². The average molecular weight is 533 g/mol. The summed E-state index contributed by atoms with van der Waals surface area (Å²) in [5.74, 6) is -0.529. The van der Waals surface area contributed by atoms with Gasteiger partial charge in [0, 0.05) is 19.6 Å². The Morgan fingerprint density at radius 2 is 0.737 bits per heavy atom. The van der Waals surface area contributed by atoms with Crippen LogP contribution in [0.25, 0.3) is 11.4 Å². The lowest BCUT2D eigenvalue weighted by atomic mass is 10.0. The molecule has 0 aromatic heterocycles. The van der Waals surface area contributed by atoms with Gasteiger partial charge in [0.2, 0.25) is 0 Å². The molecule has 2 aliphatic rings. The van der Waals surface area contributed by atoms with Crippen LogP contribution in [0.2, 0.25) is 0 Å². The van der Waals surface area contributed by atoms with Gasteiger partial charge in [0.15, 0.2) is 0 Å². The third kappa shape index (κ3) is 4.80. The maximum atomic E-state index is 13.0. The molecule has 0 bridgehead atoms. The summed E-state index contributed by atoms with van der Waals surface area (Å²) >= 11 is 3.35. The second kappa shape index (κ2) is 10.0. The van der Waals surface area contributed by atoms with Crippen molar-refractivity contribution in [1.82, 2.24) is 10.6 Å². The molecule has 0 radical (unpaired) electrons. The van der Waals surface area contributed by atoms with Gasteiger partial charge in [-0.05, 0) is 73.5 Å². The molecule has 2 heterocycles.